The lowest BCUT2D eigenvalue weighted by Gasteiger charge is -2.23. The van der Waals surface area contributed by atoms with Crippen molar-refractivity contribution in [1.82, 2.24) is 5.32 Å². The number of alkyl carbamates (subject to hydrolysis) is 1. The molecular formula is C12H21NO3. The number of allylic oxidation sites excluding steroid dienone is 1. The fraction of sp³-hybridized carbons (Fsp3) is 0.667. The third kappa shape index (κ3) is 7.04. The van der Waals surface area contributed by atoms with Crippen molar-refractivity contribution in [3.63, 3.8) is 0 Å². The summed E-state index contributed by atoms with van der Waals surface area (Å²) in [7, 11) is 0. The van der Waals surface area contributed by atoms with Crippen LogP contribution in [0, 0.1) is 5.92 Å². The number of nitrogens with one attached hydrogen (secondary N) is 1. The van der Waals surface area contributed by atoms with Gasteiger partial charge in [-0.15, -0.1) is 0 Å². The molecule has 4 heteroatoms. The van der Waals surface area contributed by atoms with Crippen molar-refractivity contribution in [1.29, 1.82) is 0 Å². The molecule has 0 aromatic heterocycles. The van der Waals surface area contributed by atoms with Gasteiger partial charge in [-0.05, 0) is 32.8 Å². The number of aldehydes is 1. The molecule has 0 fully saturated rings. The van der Waals surface area contributed by atoms with E-state index in [1.54, 1.807) is 26.8 Å². The summed E-state index contributed by atoms with van der Waals surface area (Å²) in [5.74, 6) is 0.198. The standard InChI is InChI=1S/C12H21NO3/c1-9(2)10(7-6-8-14)13-11(15)16-12(3,4)5/h6-10H,1-5H3,(H,13,15)/b7-6+. The van der Waals surface area contributed by atoms with Crippen molar-refractivity contribution < 1.29 is 14.3 Å². The highest BCUT2D eigenvalue weighted by molar-refractivity contribution is 5.69. The number of amides is 1. The second kappa shape index (κ2) is 6.30. The SMILES string of the molecule is CC(C)C(/C=C/C=O)NC(=O)OC(C)(C)C. The molecule has 1 N–H and O–H groups in total. The molecule has 4 nitrogen and oxygen atoms in total. The molecule has 0 aromatic rings. The lowest BCUT2D eigenvalue weighted by Crippen LogP contribution is -2.40. The summed E-state index contributed by atoms with van der Waals surface area (Å²) in [5, 5.41) is 2.70. The van der Waals surface area contributed by atoms with Gasteiger partial charge in [0, 0.05) is 0 Å². The van der Waals surface area contributed by atoms with E-state index in [1.165, 1.54) is 6.08 Å². The van der Waals surface area contributed by atoms with Crippen LogP contribution in [0.1, 0.15) is 34.6 Å². The number of carbonyl (C=O) groups is 2. The Hall–Kier alpha value is -1.32. The number of hydrogen-bond donors (Lipinski definition) is 1. The van der Waals surface area contributed by atoms with Gasteiger partial charge in [-0.1, -0.05) is 19.9 Å². The average Bonchev–Trinajstić information content (AvgIpc) is 2.08. The Morgan fingerprint density at radius 3 is 2.25 bits per heavy atom. The normalized spacial score (nSPS) is 13.9. The van der Waals surface area contributed by atoms with Crippen molar-refractivity contribution >= 4 is 12.4 Å². The summed E-state index contributed by atoms with van der Waals surface area (Å²) in [6.07, 6.45) is 3.25. The van der Waals surface area contributed by atoms with Crippen LogP contribution in [0.4, 0.5) is 4.79 Å². The lowest BCUT2D eigenvalue weighted by atomic mass is 10.0. The van der Waals surface area contributed by atoms with Crippen LogP contribution in [-0.2, 0) is 9.53 Å². The van der Waals surface area contributed by atoms with E-state index in [0.29, 0.717) is 6.29 Å². The maximum atomic E-state index is 11.5. The maximum absolute atomic E-state index is 11.5. The van der Waals surface area contributed by atoms with Gasteiger partial charge >= 0.3 is 6.09 Å². The number of ether oxygens (including phenoxy) is 1. The summed E-state index contributed by atoms with van der Waals surface area (Å²) in [4.78, 5) is 21.7. The van der Waals surface area contributed by atoms with Gasteiger partial charge in [-0.3, -0.25) is 4.79 Å². The quantitative estimate of drug-likeness (QED) is 0.592. The minimum atomic E-state index is -0.514. The van der Waals surface area contributed by atoms with Crippen LogP contribution in [-0.4, -0.2) is 24.0 Å². The van der Waals surface area contributed by atoms with E-state index in [-0.39, 0.29) is 12.0 Å². The number of carbonyl (C=O) groups excluding carboxylic acids is 2. The van der Waals surface area contributed by atoms with Crippen LogP contribution in [0.15, 0.2) is 12.2 Å². The van der Waals surface area contributed by atoms with Gasteiger partial charge in [-0.25, -0.2) is 4.79 Å². The average molecular weight is 227 g/mol. The van der Waals surface area contributed by atoms with E-state index in [2.05, 4.69) is 5.32 Å². The van der Waals surface area contributed by atoms with Crippen molar-refractivity contribution in [2.24, 2.45) is 5.92 Å². The van der Waals surface area contributed by atoms with Crippen LogP contribution in [0.25, 0.3) is 0 Å². The van der Waals surface area contributed by atoms with Crippen LogP contribution < -0.4 is 5.32 Å². The molecule has 1 atom stereocenters. The third-order valence-electron chi connectivity index (χ3n) is 1.80. The molecule has 0 aliphatic carbocycles. The molecular weight excluding hydrogens is 206 g/mol. The van der Waals surface area contributed by atoms with E-state index < -0.39 is 11.7 Å². The van der Waals surface area contributed by atoms with Gasteiger partial charge in [0.2, 0.25) is 0 Å². The first-order valence-corrected chi connectivity index (χ1v) is 5.37. The summed E-state index contributed by atoms with van der Waals surface area (Å²) >= 11 is 0. The molecule has 92 valence electrons. The molecule has 0 saturated carbocycles. The molecule has 0 bridgehead atoms. The van der Waals surface area contributed by atoms with Gasteiger partial charge in [0.25, 0.3) is 0 Å². The first kappa shape index (κ1) is 14.7. The van der Waals surface area contributed by atoms with Crippen molar-refractivity contribution in [2.75, 3.05) is 0 Å². The van der Waals surface area contributed by atoms with Crippen LogP contribution in [0.3, 0.4) is 0 Å². The van der Waals surface area contributed by atoms with Crippen molar-refractivity contribution in [3.05, 3.63) is 12.2 Å². The number of rotatable bonds is 4. The smallest absolute Gasteiger partial charge is 0.408 e. The highest BCUT2D eigenvalue weighted by Gasteiger charge is 2.19. The van der Waals surface area contributed by atoms with Gasteiger partial charge in [-0.2, -0.15) is 0 Å². The molecule has 0 saturated heterocycles. The Morgan fingerprint density at radius 2 is 1.88 bits per heavy atom. The van der Waals surface area contributed by atoms with E-state index >= 15 is 0 Å². The van der Waals surface area contributed by atoms with Crippen molar-refractivity contribution in [3.8, 4) is 0 Å². The molecule has 16 heavy (non-hydrogen) atoms. The predicted molar refractivity (Wildman–Crippen MR) is 63.2 cm³/mol. The van der Waals surface area contributed by atoms with Crippen LogP contribution >= 0.6 is 0 Å². The molecule has 0 spiro atoms. The second-order valence-electron chi connectivity index (χ2n) is 4.94. The monoisotopic (exact) mass is 227 g/mol. The van der Waals surface area contributed by atoms with Gasteiger partial charge in [0.05, 0.1) is 6.04 Å². The maximum Gasteiger partial charge on any atom is 0.408 e. The summed E-state index contributed by atoms with van der Waals surface area (Å²) in [6.45, 7) is 9.32. The summed E-state index contributed by atoms with van der Waals surface area (Å²) in [5.41, 5.74) is -0.514. The Labute approximate surface area is 97.1 Å². The van der Waals surface area contributed by atoms with E-state index in [9.17, 15) is 9.59 Å². The molecule has 0 radical (unpaired) electrons. The second-order valence-corrected chi connectivity index (χ2v) is 4.94. The molecule has 1 amide bonds. The molecule has 0 aliphatic rings. The molecule has 1 unspecified atom stereocenters. The highest BCUT2D eigenvalue weighted by atomic mass is 16.6. The van der Waals surface area contributed by atoms with Crippen LogP contribution in [0.2, 0.25) is 0 Å². The number of hydrogen-bond acceptors (Lipinski definition) is 3. The lowest BCUT2D eigenvalue weighted by molar-refractivity contribution is -0.104. The Bertz CT molecular complexity index is 264. The van der Waals surface area contributed by atoms with Gasteiger partial charge < -0.3 is 10.1 Å². The zero-order valence-corrected chi connectivity index (χ0v) is 10.6. The largest absolute Gasteiger partial charge is 0.444 e. The van der Waals surface area contributed by atoms with Crippen molar-refractivity contribution in [2.45, 2.75) is 46.3 Å². The topological polar surface area (TPSA) is 55.4 Å². The van der Waals surface area contributed by atoms with E-state index in [0.717, 1.165) is 0 Å². The van der Waals surface area contributed by atoms with E-state index in [4.69, 9.17) is 4.74 Å². The Kier molecular flexibility index (Phi) is 5.78. The molecule has 0 rings (SSSR count). The highest BCUT2D eigenvalue weighted by Crippen LogP contribution is 2.09. The summed E-state index contributed by atoms with van der Waals surface area (Å²) < 4.78 is 5.13. The first-order chi connectivity index (χ1) is 7.26. The molecule has 0 aromatic carbocycles. The fourth-order valence-electron chi connectivity index (χ4n) is 1.05. The Balaban J connectivity index is 4.35. The summed E-state index contributed by atoms with van der Waals surface area (Å²) in [6, 6.07) is -0.194. The van der Waals surface area contributed by atoms with Gasteiger partial charge in [0.15, 0.2) is 0 Å². The first-order valence-electron chi connectivity index (χ1n) is 5.37. The predicted octanol–water partition coefficient (Wildman–Crippen LogP) is 2.29. The fourth-order valence-corrected chi connectivity index (χ4v) is 1.05. The zero-order chi connectivity index (χ0) is 12.8. The third-order valence-corrected chi connectivity index (χ3v) is 1.80. The molecule has 0 heterocycles. The zero-order valence-electron chi connectivity index (χ0n) is 10.6. The minimum Gasteiger partial charge on any atom is -0.444 e. The van der Waals surface area contributed by atoms with Crippen LogP contribution in [0.5, 0.6) is 0 Å². The molecule has 0 aliphatic heterocycles. The van der Waals surface area contributed by atoms with Gasteiger partial charge in [0.1, 0.15) is 11.9 Å². The minimum absolute atomic E-state index is 0.194. The Morgan fingerprint density at radius 1 is 1.31 bits per heavy atom. The van der Waals surface area contributed by atoms with E-state index in [1.807, 2.05) is 13.8 Å².